The number of hydrogen-bond acceptors (Lipinski definition) is 5. The van der Waals surface area contributed by atoms with Crippen LogP contribution < -0.4 is 16.0 Å². The molecule has 2 fully saturated rings. The summed E-state index contributed by atoms with van der Waals surface area (Å²) < 4.78 is 0. The zero-order valence-electron chi connectivity index (χ0n) is 21.9. The molecule has 8 heteroatoms. The summed E-state index contributed by atoms with van der Waals surface area (Å²) in [6, 6.07) is 10.1. The predicted octanol–water partition coefficient (Wildman–Crippen LogP) is 3.19. The lowest BCUT2D eigenvalue weighted by molar-refractivity contribution is -0.145. The predicted molar refractivity (Wildman–Crippen MR) is 141 cm³/mol. The van der Waals surface area contributed by atoms with Crippen molar-refractivity contribution in [3.05, 3.63) is 53.2 Å². The fraction of sp³-hybridized carbons (Fsp3) is 0.517. The number of aromatic nitrogens is 1. The lowest BCUT2D eigenvalue weighted by Crippen LogP contribution is -2.55. The van der Waals surface area contributed by atoms with Gasteiger partial charge in [0.25, 0.3) is 0 Å². The largest absolute Gasteiger partial charge is 0.328 e. The Hall–Kier alpha value is -3.26. The van der Waals surface area contributed by atoms with Crippen molar-refractivity contribution >= 4 is 29.2 Å². The maximum absolute atomic E-state index is 13.4. The number of anilines is 2. The van der Waals surface area contributed by atoms with Gasteiger partial charge >= 0.3 is 0 Å². The van der Waals surface area contributed by atoms with Gasteiger partial charge in [0.05, 0.1) is 5.41 Å². The number of hydrogen-bond donors (Lipinski definition) is 3. The van der Waals surface area contributed by atoms with E-state index in [0.717, 1.165) is 36.1 Å². The molecule has 4 unspecified atom stereocenters. The maximum atomic E-state index is 13.4. The molecule has 1 saturated heterocycles. The van der Waals surface area contributed by atoms with E-state index >= 15 is 0 Å². The molecule has 1 aromatic heterocycles. The van der Waals surface area contributed by atoms with Gasteiger partial charge in [0, 0.05) is 40.9 Å². The van der Waals surface area contributed by atoms with E-state index in [-0.39, 0.29) is 42.3 Å². The number of amides is 3. The molecule has 37 heavy (non-hydrogen) atoms. The van der Waals surface area contributed by atoms with Crippen LogP contribution in [0.2, 0.25) is 0 Å². The van der Waals surface area contributed by atoms with E-state index in [1.165, 1.54) is 0 Å². The Morgan fingerprint density at radius 1 is 1.22 bits per heavy atom. The summed E-state index contributed by atoms with van der Waals surface area (Å²) in [5, 5.41) is 9.52. The molecule has 3 N–H and O–H groups in total. The molecule has 4 aliphatic rings. The number of nitrogens with one attached hydrogen (secondary N) is 3. The molecule has 6 rings (SSSR count). The van der Waals surface area contributed by atoms with Crippen LogP contribution in [0.1, 0.15) is 63.1 Å². The van der Waals surface area contributed by atoms with E-state index in [4.69, 9.17) is 0 Å². The summed E-state index contributed by atoms with van der Waals surface area (Å²) in [7, 11) is 0. The van der Waals surface area contributed by atoms with Crippen molar-refractivity contribution in [3.8, 4) is 0 Å². The SMILES string of the molecule is CC1c2cc(NC(=O)CN(C(=O)C(C)(C)C)C3CC4CNC3C4)ccc2C[C@@]12C(=O)Nc1ncccc12. The third kappa shape index (κ3) is 3.76. The number of pyridine rings is 1. The number of rotatable bonds is 4. The maximum Gasteiger partial charge on any atom is 0.244 e. The Morgan fingerprint density at radius 3 is 2.73 bits per heavy atom. The molecule has 194 valence electrons. The van der Waals surface area contributed by atoms with Gasteiger partial charge in [-0.2, -0.15) is 0 Å². The van der Waals surface area contributed by atoms with Gasteiger partial charge in [0.2, 0.25) is 17.7 Å². The molecular formula is C29H35N5O3. The first-order valence-electron chi connectivity index (χ1n) is 13.3. The minimum absolute atomic E-state index is 0.00559. The van der Waals surface area contributed by atoms with Crippen molar-refractivity contribution in [2.75, 3.05) is 23.7 Å². The lowest BCUT2D eigenvalue weighted by atomic mass is 9.73. The van der Waals surface area contributed by atoms with Crippen molar-refractivity contribution in [1.82, 2.24) is 15.2 Å². The summed E-state index contributed by atoms with van der Waals surface area (Å²) in [4.78, 5) is 46.0. The van der Waals surface area contributed by atoms with Crippen LogP contribution in [0.3, 0.4) is 0 Å². The molecule has 2 bridgehead atoms. The van der Waals surface area contributed by atoms with Gasteiger partial charge in [-0.05, 0) is 61.1 Å². The van der Waals surface area contributed by atoms with Gasteiger partial charge < -0.3 is 20.9 Å². The highest BCUT2D eigenvalue weighted by Crippen LogP contribution is 2.54. The highest BCUT2D eigenvalue weighted by molar-refractivity contribution is 6.07. The van der Waals surface area contributed by atoms with E-state index in [1.807, 2.05) is 51.1 Å². The highest BCUT2D eigenvalue weighted by Gasteiger charge is 2.55. The molecule has 2 aliphatic carbocycles. The zero-order chi connectivity index (χ0) is 26.1. The van der Waals surface area contributed by atoms with Crippen LogP contribution in [0.15, 0.2) is 36.5 Å². The Morgan fingerprint density at radius 2 is 2.03 bits per heavy atom. The first-order valence-corrected chi connectivity index (χ1v) is 13.3. The van der Waals surface area contributed by atoms with E-state index in [9.17, 15) is 14.4 Å². The number of carbonyl (C=O) groups is 3. The molecular weight excluding hydrogens is 466 g/mol. The van der Waals surface area contributed by atoms with Crippen LogP contribution in [0, 0.1) is 11.3 Å². The molecule has 3 heterocycles. The van der Waals surface area contributed by atoms with Crippen molar-refractivity contribution in [2.24, 2.45) is 11.3 Å². The summed E-state index contributed by atoms with van der Waals surface area (Å²) in [5.41, 5.74) is 2.54. The van der Waals surface area contributed by atoms with E-state index < -0.39 is 10.8 Å². The van der Waals surface area contributed by atoms with E-state index in [2.05, 4.69) is 27.9 Å². The summed E-state index contributed by atoms with van der Waals surface area (Å²) >= 11 is 0. The molecule has 2 aromatic rings. The minimum Gasteiger partial charge on any atom is -0.328 e. The third-order valence-electron chi connectivity index (χ3n) is 8.94. The Kier molecular flexibility index (Phi) is 5.46. The molecule has 1 saturated carbocycles. The number of nitrogens with zero attached hydrogens (tertiary/aromatic N) is 2. The normalized spacial score (nSPS) is 29.2. The number of carbonyl (C=O) groups excluding carboxylic acids is 3. The average molecular weight is 502 g/mol. The van der Waals surface area contributed by atoms with Gasteiger partial charge in [-0.25, -0.2) is 4.98 Å². The van der Waals surface area contributed by atoms with Crippen LogP contribution in [0.25, 0.3) is 0 Å². The zero-order valence-corrected chi connectivity index (χ0v) is 21.9. The van der Waals surface area contributed by atoms with Crippen LogP contribution in [-0.2, 0) is 26.2 Å². The van der Waals surface area contributed by atoms with Crippen molar-refractivity contribution in [1.29, 1.82) is 0 Å². The molecule has 5 atom stereocenters. The fourth-order valence-corrected chi connectivity index (χ4v) is 7.06. The van der Waals surface area contributed by atoms with Crippen LogP contribution >= 0.6 is 0 Å². The molecule has 0 radical (unpaired) electrons. The Bertz CT molecular complexity index is 1300. The molecule has 3 amide bonds. The van der Waals surface area contributed by atoms with Gasteiger partial charge in [-0.15, -0.1) is 0 Å². The summed E-state index contributed by atoms with van der Waals surface area (Å²) in [6.45, 7) is 8.83. The van der Waals surface area contributed by atoms with Crippen molar-refractivity contribution in [2.45, 2.75) is 70.4 Å². The van der Waals surface area contributed by atoms with Crippen LogP contribution in [0.4, 0.5) is 11.5 Å². The first kappa shape index (κ1) is 24.1. The monoisotopic (exact) mass is 501 g/mol. The highest BCUT2D eigenvalue weighted by atomic mass is 16.2. The van der Waals surface area contributed by atoms with Gasteiger partial charge in [-0.1, -0.05) is 39.8 Å². The lowest BCUT2D eigenvalue weighted by Gasteiger charge is -2.38. The molecule has 1 spiro atoms. The Balaban J connectivity index is 1.22. The minimum atomic E-state index is -0.681. The summed E-state index contributed by atoms with van der Waals surface area (Å²) in [5.74, 6) is 0.932. The van der Waals surface area contributed by atoms with Crippen molar-refractivity contribution in [3.63, 3.8) is 0 Å². The quantitative estimate of drug-likeness (QED) is 0.597. The average Bonchev–Trinajstić information content (AvgIpc) is 3.61. The third-order valence-corrected chi connectivity index (χ3v) is 8.94. The molecule has 8 nitrogen and oxygen atoms in total. The Labute approximate surface area is 217 Å². The van der Waals surface area contributed by atoms with Crippen LogP contribution in [0.5, 0.6) is 0 Å². The standard InChI is InChI=1S/C29H35N5O3/c1-16-20-12-19(8-7-18(20)13-29(16)21-6-5-9-30-25(21)33-26(29)36)32-24(35)15-34(27(37)28(2,3)4)23-11-17-10-22(23)31-14-17/h5-9,12,16-17,22-23,31H,10-11,13-15H2,1-4H3,(H,32,35)(H,30,33,36)/t16?,17?,22?,23?,29-/m1/s1. The van der Waals surface area contributed by atoms with Crippen LogP contribution in [-0.4, -0.2) is 52.8 Å². The number of fused-ring (bicyclic) bond motifs is 5. The van der Waals surface area contributed by atoms with E-state index in [0.29, 0.717) is 23.8 Å². The number of benzene rings is 1. The first-order chi connectivity index (χ1) is 17.6. The molecule has 1 aromatic carbocycles. The smallest absolute Gasteiger partial charge is 0.244 e. The fourth-order valence-electron chi connectivity index (χ4n) is 7.06. The second-order valence-electron chi connectivity index (χ2n) is 12.3. The van der Waals surface area contributed by atoms with Gasteiger partial charge in [0.1, 0.15) is 12.4 Å². The second-order valence-corrected chi connectivity index (χ2v) is 12.3. The van der Waals surface area contributed by atoms with Crippen molar-refractivity contribution < 1.29 is 14.4 Å². The second kappa shape index (κ2) is 8.38. The van der Waals surface area contributed by atoms with Gasteiger partial charge in [-0.3, -0.25) is 14.4 Å². The molecule has 2 aliphatic heterocycles. The number of piperidine rings is 1. The summed E-state index contributed by atoms with van der Waals surface area (Å²) in [6.07, 6.45) is 4.31. The topological polar surface area (TPSA) is 103 Å². The van der Waals surface area contributed by atoms with Gasteiger partial charge in [0.15, 0.2) is 0 Å². The van der Waals surface area contributed by atoms with E-state index in [1.54, 1.807) is 11.1 Å².